The Morgan fingerprint density at radius 3 is 2.81 bits per heavy atom. The number of benzene rings is 2. The van der Waals surface area contributed by atoms with E-state index < -0.39 is 12.1 Å². The molecule has 0 fully saturated rings. The van der Waals surface area contributed by atoms with Gasteiger partial charge in [-0.05, 0) is 53.9 Å². The number of halogens is 3. The second-order valence-electron chi connectivity index (χ2n) is 8.81. The van der Waals surface area contributed by atoms with Crippen LogP contribution in [0.1, 0.15) is 16.7 Å². The summed E-state index contributed by atoms with van der Waals surface area (Å²) in [5.41, 5.74) is 12.1. The summed E-state index contributed by atoms with van der Waals surface area (Å²) < 4.78 is 44.0. The number of rotatable bonds is 4. The van der Waals surface area contributed by atoms with E-state index in [9.17, 15) is 18.0 Å². The summed E-state index contributed by atoms with van der Waals surface area (Å²) in [5.74, 6) is -2.25. The number of carbonyl (C=O) groups is 1. The molecule has 4 heterocycles. The molecule has 0 bridgehead atoms. The van der Waals surface area contributed by atoms with E-state index in [4.69, 9.17) is 10.8 Å². The van der Waals surface area contributed by atoms with Gasteiger partial charge in [-0.2, -0.15) is 18.3 Å². The number of hydrogen-bond acceptors (Lipinski definition) is 7. The standard InChI is InChI=1S/C25H20F3N7O2/c26-25(27,28)24(36)37-17-3-4-18-16(8-17)9-19(33-18)21-20-22(29)31-12-32-23(20)35(34-21)11-13-1-2-15-10-30-6-5-14(15)7-13/h1-4,7-9,12,30,33H,5-6,10-11H2,(H2,29,31,32). The molecule has 3 aromatic heterocycles. The molecule has 0 saturated heterocycles. The Hall–Kier alpha value is -4.45. The maximum Gasteiger partial charge on any atom is 0.491 e. The van der Waals surface area contributed by atoms with Crippen molar-refractivity contribution in [2.45, 2.75) is 25.7 Å². The van der Waals surface area contributed by atoms with Crippen molar-refractivity contribution in [1.82, 2.24) is 30.0 Å². The van der Waals surface area contributed by atoms with E-state index in [1.54, 1.807) is 10.7 Å². The molecule has 37 heavy (non-hydrogen) atoms. The normalized spacial score (nSPS) is 13.7. The lowest BCUT2D eigenvalue weighted by molar-refractivity contribution is -0.189. The van der Waals surface area contributed by atoms with Gasteiger partial charge < -0.3 is 20.8 Å². The molecule has 0 radical (unpaired) electrons. The van der Waals surface area contributed by atoms with Crippen LogP contribution in [0.5, 0.6) is 5.75 Å². The lowest BCUT2D eigenvalue weighted by atomic mass is 9.98. The highest BCUT2D eigenvalue weighted by molar-refractivity contribution is 6.00. The maximum absolute atomic E-state index is 12.6. The number of esters is 1. The summed E-state index contributed by atoms with van der Waals surface area (Å²) in [6.07, 6.45) is -2.75. The summed E-state index contributed by atoms with van der Waals surface area (Å²) in [5, 5.41) is 9.24. The second kappa shape index (κ2) is 8.59. The third-order valence-corrected chi connectivity index (χ3v) is 6.34. The van der Waals surface area contributed by atoms with Gasteiger partial charge in [-0.25, -0.2) is 19.4 Å². The number of H-pyrrole nitrogens is 1. The molecule has 9 nitrogen and oxygen atoms in total. The van der Waals surface area contributed by atoms with Crippen LogP contribution in [0.15, 0.2) is 48.8 Å². The van der Waals surface area contributed by atoms with Crippen LogP contribution in [-0.2, 0) is 24.3 Å². The van der Waals surface area contributed by atoms with E-state index in [1.165, 1.54) is 35.7 Å². The number of nitrogens with one attached hydrogen (secondary N) is 2. The first-order valence-corrected chi connectivity index (χ1v) is 11.5. The topological polar surface area (TPSA) is 124 Å². The van der Waals surface area contributed by atoms with Crippen LogP contribution in [0.3, 0.4) is 0 Å². The quantitative estimate of drug-likeness (QED) is 0.250. The molecule has 1 aliphatic heterocycles. The van der Waals surface area contributed by atoms with Crippen molar-refractivity contribution in [2.75, 3.05) is 12.3 Å². The Morgan fingerprint density at radius 1 is 1.11 bits per heavy atom. The Balaban J connectivity index is 1.38. The minimum atomic E-state index is -5.09. The van der Waals surface area contributed by atoms with Gasteiger partial charge in [-0.3, -0.25) is 0 Å². The molecule has 188 valence electrons. The molecule has 0 saturated carbocycles. The van der Waals surface area contributed by atoms with E-state index in [0.717, 1.165) is 25.1 Å². The van der Waals surface area contributed by atoms with Gasteiger partial charge in [0.25, 0.3) is 0 Å². The first-order chi connectivity index (χ1) is 17.8. The Bertz CT molecular complexity index is 1670. The number of ether oxygens (including phenoxy) is 1. The number of nitrogens with zero attached hydrogens (tertiary/aromatic N) is 4. The highest BCUT2D eigenvalue weighted by Crippen LogP contribution is 2.33. The maximum atomic E-state index is 12.6. The molecule has 0 amide bonds. The number of nitrogens with two attached hydrogens (primary N) is 1. The van der Waals surface area contributed by atoms with Crippen LogP contribution in [0.2, 0.25) is 0 Å². The van der Waals surface area contributed by atoms with Crippen LogP contribution >= 0.6 is 0 Å². The highest BCUT2D eigenvalue weighted by Gasteiger charge is 2.41. The number of alkyl halides is 3. The molecular weight excluding hydrogens is 487 g/mol. The fourth-order valence-corrected chi connectivity index (χ4v) is 4.60. The summed E-state index contributed by atoms with van der Waals surface area (Å²) in [4.78, 5) is 23.0. The molecule has 12 heteroatoms. The molecule has 5 aromatic rings. The predicted octanol–water partition coefficient (Wildman–Crippen LogP) is 3.72. The van der Waals surface area contributed by atoms with Gasteiger partial charge in [-0.15, -0.1) is 0 Å². The second-order valence-corrected chi connectivity index (χ2v) is 8.81. The monoisotopic (exact) mass is 507 g/mol. The SMILES string of the molecule is Nc1ncnc2c1c(-c1cc3cc(OC(=O)C(F)(F)F)ccc3[nH]1)nn2Cc1ccc2c(c1)CCNC2. The molecule has 0 atom stereocenters. The van der Waals surface area contributed by atoms with E-state index >= 15 is 0 Å². The van der Waals surface area contributed by atoms with E-state index in [-0.39, 0.29) is 11.6 Å². The van der Waals surface area contributed by atoms with Crippen LogP contribution in [0.4, 0.5) is 19.0 Å². The molecule has 0 unspecified atom stereocenters. The minimum absolute atomic E-state index is 0.221. The van der Waals surface area contributed by atoms with Crippen molar-refractivity contribution in [3.63, 3.8) is 0 Å². The largest absolute Gasteiger partial charge is 0.491 e. The van der Waals surface area contributed by atoms with Crippen molar-refractivity contribution in [3.8, 4) is 17.1 Å². The lowest BCUT2D eigenvalue weighted by Gasteiger charge is -2.17. The average molecular weight is 507 g/mol. The number of aromatic amines is 1. The summed E-state index contributed by atoms with van der Waals surface area (Å²) in [6, 6.07) is 12.2. The smallest absolute Gasteiger partial charge is 0.420 e. The molecule has 0 spiro atoms. The van der Waals surface area contributed by atoms with Gasteiger partial charge in [0, 0.05) is 17.4 Å². The van der Waals surface area contributed by atoms with Gasteiger partial charge in [0.2, 0.25) is 0 Å². The summed E-state index contributed by atoms with van der Waals surface area (Å²) in [6.45, 7) is 2.25. The van der Waals surface area contributed by atoms with Crippen molar-refractivity contribution in [1.29, 1.82) is 0 Å². The molecule has 4 N–H and O–H groups in total. The molecule has 6 rings (SSSR count). The number of aromatic nitrogens is 5. The van der Waals surface area contributed by atoms with E-state index in [0.29, 0.717) is 39.9 Å². The average Bonchev–Trinajstić information content (AvgIpc) is 3.45. The number of hydrogen-bond donors (Lipinski definition) is 3. The minimum Gasteiger partial charge on any atom is -0.420 e. The summed E-state index contributed by atoms with van der Waals surface area (Å²) >= 11 is 0. The van der Waals surface area contributed by atoms with Gasteiger partial charge in [0.15, 0.2) is 5.65 Å². The highest BCUT2D eigenvalue weighted by atomic mass is 19.4. The van der Waals surface area contributed by atoms with Gasteiger partial charge in [0.05, 0.1) is 17.6 Å². The predicted molar refractivity (Wildman–Crippen MR) is 130 cm³/mol. The van der Waals surface area contributed by atoms with Gasteiger partial charge in [-0.1, -0.05) is 18.2 Å². The molecule has 1 aliphatic rings. The molecule has 2 aromatic carbocycles. The number of anilines is 1. The zero-order valence-electron chi connectivity index (χ0n) is 19.3. The van der Waals surface area contributed by atoms with Crippen molar-refractivity contribution < 1.29 is 22.7 Å². The van der Waals surface area contributed by atoms with Crippen LogP contribution in [-0.4, -0.2) is 43.4 Å². The van der Waals surface area contributed by atoms with E-state index in [1.807, 2.05) is 0 Å². The number of carbonyl (C=O) groups excluding carboxylic acids is 1. The third-order valence-electron chi connectivity index (χ3n) is 6.34. The molecular formula is C25H20F3N7O2. The zero-order chi connectivity index (χ0) is 25.7. The van der Waals surface area contributed by atoms with Crippen LogP contribution in [0, 0.1) is 0 Å². The lowest BCUT2D eigenvalue weighted by Crippen LogP contribution is -2.27. The fourth-order valence-electron chi connectivity index (χ4n) is 4.60. The Morgan fingerprint density at radius 2 is 1.97 bits per heavy atom. The summed E-state index contributed by atoms with van der Waals surface area (Å²) in [7, 11) is 0. The van der Waals surface area contributed by atoms with E-state index in [2.05, 4.69) is 43.2 Å². The van der Waals surface area contributed by atoms with Crippen molar-refractivity contribution in [2.24, 2.45) is 0 Å². The Kier molecular flexibility index (Phi) is 5.33. The van der Waals surface area contributed by atoms with Gasteiger partial charge >= 0.3 is 12.1 Å². The number of nitrogen functional groups attached to an aromatic ring is 1. The third kappa shape index (κ3) is 4.25. The molecule has 0 aliphatic carbocycles. The van der Waals surface area contributed by atoms with Crippen LogP contribution < -0.4 is 15.8 Å². The van der Waals surface area contributed by atoms with Gasteiger partial charge in [0.1, 0.15) is 23.6 Å². The van der Waals surface area contributed by atoms with Crippen molar-refractivity contribution in [3.05, 3.63) is 65.5 Å². The first-order valence-electron chi connectivity index (χ1n) is 11.5. The van der Waals surface area contributed by atoms with Crippen LogP contribution in [0.25, 0.3) is 33.3 Å². The fraction of sp³-hybridized carbons (Fsp3) is 0.200. The van der Waals surface area contributed by atoms with Crippen molar-refractivity contribution >= 4 is 33.7 Å². The first kappa shape index (κ1) is 23.0. The zero-order valence-corrected chi connectivity index (χ0v) is 19.3. The Labute approximate surface area is 207 Å². The number of fused-ring (bicyclic) bond motifs is 3.